The van der Waals surface area contributed by atoms with Gasteiger partial charge in [0.25, 0.3) is 5.91 Å². The van der Waals surface area contributed by atoms with Gasteiger partial charge in [0.15, 0.2) is 11.5 Å². The van der Waals surface area contributed by atoms with Crippen LogP contribution in [-0.2, 0) is 9.59 Å². The predicted octanol–water partition coefficient (Wildman–Crippen LogP) is 1.15. The average molecular weight is 382 g/mol. The lowest BCUT2D eigenvalue weighted by molar-refractivity contribution is -0.676. The number of imide groups is 1. The Labute approximate surface area is 161 Å². The summed E-state index contributed by atoms with van der Waals surface area (Å²) in [6.45, 7) is 3.32. The van der Waals surface area contributed by atoms with Crippen LogP contribution in [0.2, 0.25) is 0 Å². The van der Waals surface area contributed by atoms with Gasteiger partial charge in [-0.2, -0.15) is 4.57 Å². The number of aliphatic imine (C=N–C) groups is 1. The lowest BCUT2D eigenvalue weighted by atomic mass is 10.2. The molecular weight excluding hydrogens is 362 g/mol. The second-order valence-corrected chi connectivity index (χ2v) is 6.88. The Morgan fingerprint density at radius 1 is 1.21 bits per heavy atom. The van der Waals surface area contributed by atoms with Crippen molar-refractivity contribution in [2.24, 2.45) is 4.99 Å². The largest absolute Gasteiger partial charge is 0.482 e. The number of carbonyl (C=O) groups is 3. The van der Waals surface area contributed by atoms with Gasteiger partial charge in [-0.25, -0.2) is 9.36 Å². The van der Waals surface area contributed by atoms with Crippen LogP contribution in [-0.4, -0.2) is 58.6 Å². The number of ether oxygens (including phenoxy) is 1. The van der Waals surface area contributed by atoms with Crippen LogP contribution in [0.25, 0.3) is 5.69 Å². The van der Waals surface area contributed by atoms with Crippen LogP contribution in [0.5, 0.6) is 5.75 Å². The standard InChI is InChI=1S/C19H20N5O4/c1-11-9-23-15-16(21(3)19(27)22(4)17(15)26)20-18(23)24(11)13-7-5-6-8-14(13)28-10-12(2)25/h5-9,15H,10H2,1-4H3/q+1. The second kappa shape index (κ2) is 6.29. The molecule has 9 nitrogen and oxygen atoms in total. The van der Waals surface area contributed by atoms with Crippen molar-refractivity contribution >= 4 is 29.5 Å². The third-order valence-corrected chi connectivity index (χ3v) is 4.87. The number of hydrogen-bond donors (Lipinski definition) is 0. The summed E-state index contributed by atoms with van der Waals surface area (Å²) in [7, 11) is 3.07. The Morgan fingerprint density at radius 3 is 2.64 bits per heavy atom. The number of carbonyl (C=O) groups excluding carboxylic acids is 3. The van der Waals surface area contributed by atoms with E-state index in [0.717, 1.165) is 10.6 Å². The third kappa shape index (κ3) is 2.50. The first kappa shape index (κ1) is 17.9. The molecule has 0 radical (unpaired) electrons. The molecule has 3 heterocycles. The van der Waals surface area contributed by atoms with Gasteiger partial charge in [-0.1, -0.05) is 17.1 Å². The van der Waals surface area contributed by atoms with E-state index in [1.54, 1.807) is 17.7 Å². The first-order valence-electron chi connectivity index (χ1n) is 8.80. The van der Waals surface area contributed by atoms with E-state index in [2.05, 4.69) is 4.99 Å². The molecule has 1 saturated heterocycles. The number of urea groups is 1. The molecule has 0 N–H and O–H groups in total. The van der Waals surface area contributed by atoms with Crippen LogP contribution < -0.4 is 9.30 Å². The van der Waals surface area contributed by atoms with Crippen molar-refractivity contribution in [2.75, 3.05) is 20.7 Å². The summed E-state index contributed by atoms with van der Waals surface area (Å²) < 4.78 is 9.28. The van der Waals surface area contributed by atoms with E-state index in [-0.39, 0.29) is 18.3 Å². The van der Waals surface area contributed by atoms with E-state index >= 15 is 0 Å². The van der Waals surface area contributed by atoms with Crippen molar-refractivity contribution in [2.45, 2.75) is 19.9 Å². The number of amides is 3. The minimum Gasteiger partial charge on any atom is -0.482 e. The van der Waals surface area contributed by atoms with Crippen LogP contribution in [0.3, 0.4) is 0 Å². The minimum atomic E-state index is -0.687. The first-order chi connectivity index (χ1) is 13.3. The zero-order chi connectivity index (χ0) is 20.2. The average Bonchev–Trinajstić information content (AvgIpc) is 3.17. The van der Waals surface area contributed by atoms with Crippen LogP contribution in [0.1, 0.15) is 18.7 Å². The van der Waals surface area contributed by atoms with Crippen molar-refractivity contribution < 1.29 is 23.7 Å². The number of aryl methyl sites for hydroxylation is 1. The number of benzene rings is 1. The number of fused-ring (bicyclic) bond motifs is 3. The summed E-state index contributed by atoms with van der Waals surface area (Å²) in [6, 6.07) is 6.21. The van der Waals surface area contributed by atoms with Crippen molar-refractivity contribution in [1.82, 2.24) is 14.4 Å². The van der Waals surface area contributed by atoms with Crippen LogP contribution >= 0.6 is 0 Å². The molecule has 1 aromatic carbocycles. The van der Waals surface area contributed by atoms with E-state index in [1.807, 2.05) is 35.9 Å². The zero-order valence-electron chi connectivity index (χ0n) is 16.0. The number of hydrogen-bond acceptors (Lipinski definition) is 5. The highest BCUT2D eigenvalue weighted by atomic mass is 16.5. The smallest absolute Gasteiger partial charge is 0.407 e. The molecule has 144 valence electrons. The normalized spacial score (nSPS) is 18.1. The van der Waals surface area contributed by atoms with E-state index in [1.165, 1.54) is 18.9 Å². The Hall–Kier alpha value is -3.49. The van der Waals surface area contributed by atoms with Crippen LogP contribution in [0.15, 0.2) is 35.5 Å². The first-order valence-corrected chi connectivity index (χ1v) is 8.80. The van der Waals surface area contributed by atoms with Gasteiger partial charge in [0.2, 0.25) is 11.9 Å². The van der Waals surface area contributed by atoms with Gasteiger partial charge in [-0.15, -0.1) is 0 Å². The van der Waals surface area contributed by atoms with Gasteiger partial charge in [-0.05, 0) is 26.0 Å². The van der Waals surface area contributed by atoms with Crippen molar-refractivity contribution in [3.8, 4) is 11.4 Å². The van der Waals surface area contributed by atoms with E-state index in [9.17, 15) is 14.4 Å². The highest BCUT2D eigenvalue weighted by Crippen LogP contribution is 2.33. The molecule has 28 heavy (non-hydrogen) atoms. The molecule has 0 bridgehead atoms. The van der Waals surface area contributed by atoms with Crippen molar-refractivity contribution in [3.63, 3.8) is 0 Å². The fraction of sp³-hybridized carbons (Fsp3) is 0.316. The van der Waals surface area contributed by atoms with E-state index in [0.29, 0.717) is 23.2 Å². The second-order valence-electron chi connectivity index (χ2n) is 6.88. The Balaban J connectivity index is 1.85. The number of aromatic nitrogens is 2. The molecule has 1 fully saturated rings. The van der Waals surface area contributed by atoms with Gasteiger partial charge in [0.05, 0.1) is 0 Å². The number of ketones is 1. The molecule has 2 aliphatic rings. The number of likely N-dealkylation sites (N-methyl/N-ethyl adjacent to an activating group) is 2. The maximum absolute atomic E-state index is 12.7. The monoisotopic (exact) mass is 382 g/mol. The molecule has 0 saturated carbocycles. The minimum absolute atomic E-state index is 0.0374. The molecule has 9 heteroatoms. The van der Waals surface area contributed by atoms with Crippen molar-refractivity contribution in [3.05, 3.63) is 36.2 Å². The topological polar surface area (TPSA) is 88.1 Å². The quantitative estimate of drug-likeness (QED) is 0.742. The molecule has 0 aliphatic carbocycles. The summed E-state index contributed by atoms with van der Waals surface area (Å²) >= 11 is 0. The van der Waals surface area contributed by atoms with Crippen molar-refractivity contribution in [1.29, 1.82) is 0 Å². The fourth-order valence-corrected chi connectivity index (χ4v) is 3.51. The number of amidine groups is 1. The summed E-state index contributed by atoms with van der Waals surface area (Å²) in [5.74, 6) is 1.02. The highest BCUT2D eigenvalue weighted by Gasteiger charge is 2.52. The number of para-hydroxylation sites is 2. The molecule has 2 aromatic rings. The Kier molecular flexibility index (Phi) is 4.02. The lowest BCUT2D eigenvalue weighted by Gasteiger charge is -2.30. The molecule has 2 aliphatic heterocycles. The predicted molar refractivity (Wildman–Crippen MR) is 98.9 cm³/mol. The SMILES string of the molecule is CC(=O)COc1ccccc1-n1c(C)c[n+]2c1N=C1C2C(=O)N(C)C(=O)N1C. The molecule has 1 atom stereocenters. The lowest BCUT2D eigenvalue weighted by Crippen LogP contribution is -2.61. The molecule has 4 rings (SSSR count). The van der Waals surface area contributed by atoms with Gasteiger partial charge in [0, 0.05) is 14.1 Å². The maximum atomic E-state index is 12.7. The Bertz CT molecular complexity index is 1050. The summed E-state index contributed by atoms with van der Waals surface area (Å²) in [5, 5.41) is 0. The summed E-state index contributed by atoms with van der Waals surface area (Å²) in [6.07, 6.45) is 1.83. The maximum Gasteiger partial charge on any atom is 0.407 e. The third-order valence-electron chi connectivity index (χ3n) is 4.87. The summed E-state index contributed by atoms with van der Waals surface area (Å²) in [4.78, 5) is 43.4. The molecular formula is C19H20N5O4+. The molecule has 3 amide bonds. The van der Waals surface area contributed by atoms with Gasteiger partial charge < -0.3 is 4.74 Å². The molecule has 0 spiro atoms. The summed E-state index contributed by atoms with van der Waals surface area (Å²) in [5.41, 5.74) is 1.54. The number of nitrogens with zero attached hydrogens (tertiary/aromatic N) is 5. The van der Waals surface area contributed by atoms with Crippen LogP contribution in [0.4, 0.5) is 10.7 Å². The number of rotatable bonds is 4. The number of Topliss-reactive ketones (excluding diaryl/α,β-unsaturated/α-hetero) is 1. The highest BCUT2D eigenvalue weighted by molar-refractivity contribution is 6.18. The van der Waals surface area contributed by atoms with E-state index < -0.39 is 12.1 Å². The Morgan fingerprint density at radius 2 is 1.93 bits per heavy atom. The molecule has 1 aromatic heterocycles. The molecule has 1 unspecified atom stereocenters. The zero-order valence-corrected chi connectivity index (χ0v) is 16.0. The van der Waals surface area contributed by atoms with Crippen LogP contribution in [0, 0.1) is 6.92 Å². The van der Waals surface area contributed by atoms with Gasteiger partial charge >= 0.3 is 12.0 Å². The van der Waals surface area contributed by atoms with E-state index in [4.69, 9.17) is 4.74 Å². The van der Waals surface area contributed by atoms with Gasteiger partial charge in [-0.3, -0.25) is 19.4 Å². The number of imidazole rings is 1. The van der Waals surface area contributed by atoms with Gasteiger partial charge in [0.1, 0.15) is 24.2 Å². The fourth-order valence-electron chi connectivity index (χ4n) is 3.51.